The third kappa shape index (κ3) is 6.90. The van der Waals surface area contributed by atoms with Gasteiger partial charge in [0.15, 0.2) is 45.9 Å². The summed E-state index contributed by atoms with van der Waals surface area (Å²) in [7, 11) is -4.53. The number of rotatable bonds is 10. The first-order valence-corrected chi connectivity index (χ1v) is 20.4. The molecular weight excluding hydrogens is 583 g/mol. The van der Waals surface area contributed by atoms with Gasteiger partial charge < -0.3 is 23.6 Å². The number of carbonyl (C=O) groups excluding carboxylic acids is 2. The first-order chi connectivity index (χ1) is 20.0. The first-order valence-electron chi connectivity index (χ1n) is 14.6. The number of amides is 1. The number of benzene rings is 1. The predicted molar refractivity (Wildman–Crippen MR) is 170 cm³/mol. The van der Waals surface area contributed by atoms with E-state index in [0.717, 1.165) is 0 Å². The Morgan fingerprint density at radius 1 is 0.977 bits per heavy atom. The summed E-state index contributed by atoms with van der Waals surface area (Å²) < 4.78 is 27.6. The summed E-state index contributed by atoms with van der Waals surface area (Å²) in [6, 6.07) is 8.88. The summed E-state index contributed by atoms with van der Waals surface area (Å²) in [5.74, 6) is -0.0374. The topological polar surface area (TPSA) is 127 Å². The Labute approximate surface area is 256 Å². The van der Waals surface area contributed by atoms with E-state index >= 15 is 0 Å². The molecule has 1 amide bonds. The van der Waals surface area contributed by atoms with Gasteiger partial charge in [-0.3, -0.25) is 14.2 Å². The van der Waals surface area contributed by atoms with Crippen LogP contribution < -0.4 is 5.32 Å². The summed E-state index contributed by atoms with van der Waals surface area (Å²) in [4.78, 5) is 38.1. The number of aromatic nitrogens is 4. The number of nitrogens with zero attached hydrogens (tertiary/aromatic N) is 4. The Morgan fingerprint density at radius 3 is 2.23 bits per heavy atom. The first kappa shape index (κ1) is 32.9. The van der Waals surface area contributed by atoms with Gasteiger partial charge in [-0.15, -0.1) is 0 Å². The molecule has 1 N–H and O–H groups in total. The van der Waals surface area contributed by atoms with Gasteiger partial charge in [0.05, 0.1) is 12.9 Å². The molecule has 4 atom stereocenters. The summed E-state index contributed by atoms with van der Waals surface area (Å²) >= 11 is 0. The van der Waals surface area contributed by atoms with Crippen molar-refractivity contribution in [2.24, 2.45) is 0 Å². The van der Waals surface area contributed by atoms with Gasteiger partial charge in [0.1, 0.15) is 18.5 Å². The standard InChI is InChI=1S/C30H45N5O6Si2/c1-29(2,3)42(7,8)39-16-21-23(38-19-36)24(41-43(9,10)30(4,5)6)28(40-21)35-18-33-22-25(31-17-32-26(22)35)34-27(37)20-14-12-11-13-15-20/h11-15,17-19,21,23-24,28H,16H2,1-10H3,(H,31,32,34,37)/t21-,23-,24-,28-/m1/s1. The predicted octanol–water partition coefficient (Wildman–Crippen LogP) is 5.93. The zero-order chi connectivity index (χ0) is 31.8. The van der Waals surface area contributed by atoms with Crippen LogP contribution in [-0.2, 0) is 23.1 Å². The van der Waals surface area contributed by atoms with Crippen molar-refractivity contribution in [1.82, 2.24) is 19.5 Å². The van der Waals surface area contributed by atoms with E-state index in [1.165, 1.54) is 6.33 Å². The van der Waals surface area contributed by atoms with Gasteiger partial charge in [0.2, 0.25) is 0 Å². The quantitative estimate of drug-likeness (QED) is 0.215. The minimum atomic E-state index is -2.38. The van der Waals surface area contributed by atoms with Crippen LogP contribution in [0.5, 0.6) is 0 Å². The highest BCUT2D eigenvalue weighted by Crippen LogP contribution is 2.44. The lowest BCUT2D eigenvalue weighted by molar-refractivity contribution is -0.140. The molecule has 13 heteroatoms. The third-order valence-electron chi connectivity index (χ3n) is 9.05. The van der Waals surface area contributed by atoms with Gasteiger partial charge in [-0.05, 0) is 48.4 Å². The highest BCUT2D eigenvalue weighted by atomic mass is 28.4. The molecule has 11 nitrogen and oxygen atoms in total. The van der Waals surface area contributed by atoms with Gasteiger partial charge >= 0.3 is 0 Å². The molecular formula is C30H45N5O6Si2. The van der Waals surface area contributed by atoms with Gasteiger partial charge in [-0.25, -0.2) is 15.0 Å². The number of fused-ring (bicyclic) bond motifs is 1. The highest BCUT2D eigenvalue weighted by Gasteiger charge is 2.53. The van der Waals surface area contributed by atoms with Crippen LogP contribution in [0.3, 0.4) is 0 Å². The molecule has 1 aliphatic heterocycles. The van der Waals surface area contributed by atoms with Crippen LogP contribution in [0, 0.1) is 0 Å². The van der Waals surface area contributed by atoms with E-state index in [9.17, 15) is 9.59 Å². The molecule has 0 aliphatic carbocycles. The van der Waals surface area contributed by atoms with E-state index < -0.39 is 41.2 Å². The molecule has 3 heterocycles. The Balaban J connectivity index is 1.73. The monoisotopic (exact) mass is 627 g/mol. The van der Waals surface area contributed by atoms with Crippen molar-refractivity contribution in [3.05, 3.63) is 48.5 Å². The van der Waals surface area contributed by atoms with Gasteiger partial charge in [-0.1, -0.05) is 59.7 Å². The highest BCUT2D eigenvalue weighted by molar-refractivity contribution is 6.74. The Kier molecular flexibility index (Phi) is 9.34. The van der Waals surface area contributed by atoms with Crippen molar-refractivity contribution in [2.75, 3.05) is 11.9 Å². The van der Waals surface area contributed by atoms with Crippen molar-refractivity contribution in [3.63, 3.8) is 0 Å². The second-order valence-electron chi connectivity index (χ2n) is 14.0. The number of imidazole rings is 1. The van der Waals surface area contributed by atoms with Crippen molar-refractivity contribution < 1.29 is 27.9 Å². The van der Waals surface area contributed by atoms with Crippen molar-refractivity contribution in [3.8, 4) is 0 Å². The zero-order valence-electron chi connectivity index (χ0n) is 26.9. The molecule has 1 fully saturated rings. The summed E-state index contributed by atoms with van der Waals surface area (Å²) in [5.41, 5.74) is 1.34. The number of hydrogen-bond donors (Lipinski definition) is 1. The summed E-state index contributed by atoms with van der Waals surface area (Å²) in [5, 5.41) is 2.72. The molecule has 3 aromatic rings. The van der Waals surface area contributed by atoms with Crippen LogP contribution in [0.2, 0.25) is 36.3 Å². The van der Waals surface area contributed by atoms with Gasteiger partial charge in [-0.2, -0.15) is 0 Å². The lowest BCUT2D eigenvalue weighted by Gasteiger charge is -2.40. The molecule has 0 saturated carbocycles. The molecule has 43 heavy (non-hydrogen) atoms. The summed E-state index contributed by atoms with van der Waals surface area (Å²) in [6.07, 6.45) is 0.267. The van der Waals surface area contributed by atoms with E-state index in [-0.39, 0.29) is 28.4 Å². The fourth-order valence-electron chi connectivity index (χ4n) is 4.34. The average molecular weight is 628 g/mol. The fraction of sp³-hybridized carbons (Fsp3) is 0.567. The van der Waals surface area contributed by atoms with Crippen LogP contribution in [-0.4, -0.2) is 73.5 Å². The maximum atomic E-state index is 12.9. The molecule has 1 aliphatic rings. The molecule has 0 spiro atoms. The lowest BCUT2D eigenvalue weighted by atomic mass is 10.1. The number of anilines is 1. The maximum Gasteiger partial charge on any atom is 0.293 e. The second-order valence-corrected chi connectivity index (χ2v) is 23.6. The minimum absolute atomic E-state index is 0.0128. The summed E-state index contributed by atoms with van der Waals surface area (Å²) in [6.45, 7) is 22.3. The Hall–Kier alpha value is -2.98. The number of hydrogen-bond acceptors (Lipinski definition) is 9. The molecule has 0 bridgehead atoms. The normalized spacial score (nSPS) is 21.6. The lowest BCUT2D eigenvalue weighted by Crippen LogP contribution is -2.50. The molecule has 0 unspecified atom stereocenters. The van der Waals surface area contributed by atoms with Gasteiger partial charge in [0, 0.05) is 5.56 Å². The molecule has 4 rings (SSSR count). The van der Waals surface area contributed by atoms with Crippen LogP contribution in [0.15, 0.2) is 43.0 Å². The number of nitrogens with one attached hydrogen (secondary N) is 1. The molecule has 1 aromatic carbocycles. The average Bonchev–Trinajstić information content (AvgIpc) is 3.49. The van der Waals surface area contributed by atoms with E-state index in [0.29, 0.717) is 23.2 Å². The Bertz CT molecular complexity index is 1430. The van der Waals surface area contributed by atoms with Crippen molar-refractivity contribution in [2.45, 2.75) is 102 Å². The van der Waals surface area contributed by atoms with E-state index in [2.05, 4.69) is 88.0 Å². The smallest absolute Gasteiger partial charge is 0.293 e. The molecule has 234 valence electrons. The van der Waals surface area contributed by atoms with E-state index in [4.69, 9.17) is 18.3 Å². The van der Waals surface area contributed by atoms with Gasteiger partial charge in [0.25, 0.3) is 12.4 Å². The fourth-order valence-corrected chi connectivity index (χ4v) is 6.64. The SMILES string of the molecule is CC(C)(C)[Si](C)(C)OC[C@H]1O[C@@H](n2cnc3c(NC(=O)c4ccccc4)ncnc32)[C@H](O[Si](C)(C)C(C)(C)C)[C@@H]1OC=O. The number of carbonyl (C=O) groups is 2. The van der Waals surface area contributed by atoms with Crippen molar-refractivity contribution in [1.29, 1.82) is 0 Å². The van der Waals surface area contributed by atoms with E-state index in [1.807, 2.05) is 6.07 Å². The largest absolute Gasteiger partial charge is 0.459 e. The third-order valence-corrected chi connectivity index (χ3v) is 18.0. The second kappa shape index (κ2) is 12.2. The van der Waals surface area contributed by atoms with Crippen LogP contribution in [0.4, 0.5) is 5.82 Å². The zero-order valence-corrected chi connectivity index (χ0v) is 28.9. The van der Waals surface area contributed by atoms with Crippen molar-refractivity contribution >= 4 is 46.0 Å². The minimum Gasteiger partial charge on any atom is -0.459 e. The van der Waals surface area contributed by atoms with Crippen LogP contribution in [0.25, 0.3) is 11.2 Å². The number of ether oxygens (including phenoxy) is 2. The molecule has 0 radical (unpaired) electrons. The molecule has 1 saturated heterocycles. The van der Waals surface area contributed by atoms with Crippen LogP contribution in [0.1, 0.15) is 58.1 Å². The maximum absolute atomic E-state index is 12.9. The Morgan fingerprint density at radius 2 is 1.63 bits per heavy atom. The molecule has 2 aromatic heterocycles. The van der Waals surface area contributed by atoms with E-state index in [1.54, 1.807) is 35.2 Å². The van der Waals surface area contributed by atoms with Crippen LogP contribution >= 0.6 is 0 Å².